The normalized spacial score (nSPS) is 12.4. The maximum atomic E-state index is 11.7. The average molecular weight is 374 g/mol. The number of carbonyl (C=O) groups excluding carboxylic acids is 1. The molecule has 0 heterocycles. The van der Waals surface area contributed by atoms with E-state index >= 15 is 0 Å². The van der Waals surface area contributed by atoms with Gasteiger partial charge in [-0.3, -0.25) is 0 Å². The number of rotatable bonds is 9. The molecule has 0 fully saturated rings. The van der Waals surface area contributed by atoms with Crippen molar-refractivity contribution in [2.24, 2.45) is 0 Å². The van der Waals surface area contributed by atoms with Crippen LogP contribution in [0, 0.1) is 0 Å². The summed E-state index contributed by atoms with van der Waals surface area (Å²) in [7, 11) is 0. The SMILES string of the molecule is CC(C)(Sc1ccccc1)C(O)CCCNC(=O)OCc1ccccc1. The second-order valence-electron chi connectivity index (χ2n) is 6.67. The van der Waals surface area contributed by atoms with Gasteiger partial charge in [0.25, 0.3) is 0 Å². The summed E-state index contributed by atoms with van der Waals surface area (Å²) in [5, 5.41) is 13.2. The van der Waals surface area contributed by atoms with Crippen LogP contribution in [0.5, 0.6) is 0 Å². The predicted octanol–water partition coefficient (Wildman–Crippen LogP) is 4.62. The zero-order valence-electron chi connectivity index (χ0n) is 15.4. The van der Waals surface area contributed by atoms with Gasteiger partial charge in [0.1, 0.15) is 6.61 Å². The maximum absolute atomic E-state index is 11.7. The summed E-state index contributed by atoms with van der Waals surface area (Å²) in [5.41, 5.74) is 0.956. The fourth-order valence-electron chi connectivity index (χ4n) is 2.47. The molecule has 2 aromatic rings. The average Bonchev–Trinajstić information content (AvgIpc) is 2.64. The highest BCUT2D eigenvalue weighted by Crippen LogP contribution is 2.36. The van der Waals surface area contributed by atoms with Crippen LogP contribution in [0.1, 0.15) is 32.3 Å². The first kappa shape index (κ1) is 20.3. The molecule has 0 radical (unpaired) electrons. The molecule has 0 bridgehead atoms. The van der Waals surface area contributed by atoms with Crippen molar-refractivity contribution in [2.45, 2.75) is 49.0 Å². The van der Waals surface area contributed by atoms with Crippen molar-refractivity contribution in [3.05, 3.63) is 66.2 Å². The molecule has 0 saturated carbocycles. The Bertz CT molecular complexity index is 661. The van der Waals surface area contributed by atoms with Crippen LogP contribution in [0.15, 0.2) is 65.6 Å². The molecule has 0 spiro atoms. The Morgan fingerprint density at radius 1 is 1.12 bits per heavy atom. The van der Waals surface area contributed by atoms with E-state index in [1.54, 1.807) is 11.8 Å². The number of nitrogens with one attached hydrogen (secondary N) is 1. The Balaban J connectivity index is 1.64. The molecule has 0 saturated heterocycles. The number of aliphatic hydroxyl groups excluding tert-OH is 1. The molecule has 2 aromatic carbocycles. The smallest absolute Gasteiger partial charge is 0.407 e. The van der Waals surface area contributed by atoms with Crippen LogP contribution in [0.25, 0.3) is 0 Å². The van der Waals surface area contributed by atoms with Crippen molar-refractivity contribution in [1.29, 1.82) is 0 Å². The van der Waals surface area contributed by atoms with Crippen molar-refractivity contribution in [3.63, 3.8) is 0 Å². The summed E-state index contributed by atoms with van der Waals surface area (Å²) in [5.74, 6) is 0. The van der Waals surface area contributed by atoms with Crippen molar-refractivity contribution in [3.8, 4) is 0 Å². The fourth-order valence-corrected chi connectivity index (χ4v) is 3.62. The van der Waals surface area contributed by atoms with Crippen LogP contribution in [0.2, 0.25) is 0 Å². The van der Waals surface area contributed by atoms with Gasteiger partial charge in [-0.05, 0) is 44.4 Å². The number of alkyl carbamates (subject to hydrolysis) is 1. The maximum Gasteiger partial charge on any atom is 0.407 e. The molecule has 26 heavy (non-hydrogen) atoms. The van der Waals surface area contributed by atoms with E-state index in [1.807, 2.05) is 74.5 Å². The molecule has 0 aromatic heterocycles. The van der Waals surface area contributed by atoms with Crippen molar-refractivity contribution in [2.75, 3.05) is 6.54 Å². The van der Waals surface area contributed by atoms with E-state index in [0.717, 1.165) is 10.5 Å². The highest BCUT2D eigenvalue weighted by atomic mass is 32.2. The van der Waals surface area contributed by atoms with Gasteiger partial charge in [0.2, 0.25) is 0 Å². The summed E-state index contributed by atoms with van der Waals surface area (Å²) in [6.07, 6.45) is 0.419. The second kappa shape index (κ2) is 10.2. The summed E-state index contributed by atoms with van der Waals surface area (Å²) in [4.78, 5) is 12.8. The molecule has 0 aliphatic carbocycles. The molecule has 0 aliphatic rings. The van der Waals surface area contributed by atoms with E-state index in [1.165, 1.54) is 0 Å². The lowest BCUT2D eigenvalue weighted by Gasteiger charge is -2.30. The standard InChI is InChI=1S/C21H27NO3S/c1-21(2,26-18-12-7-4-8-13-18)19(23)14-9-15-22-20(24)25-16-17-10-5-3-6-11-17/h3-8,10-13,19,23H,9,14-16H2,1-2H3,(H,22,24). The minimum atomic E-state index is -0.463. The van der Waals surface area contributed by atoms with Gasteiger partial charge < -0.3 is 15.2 Å². The van der Waals surface area contributed by atoms with Crippen LogP contribution >= 0.6 is 11.8 Å². The van der Waals surface area contributed by atoms with Gasteiger partial charge in [-0.25, -0.2) is 4.79 Å². The Labute approximate surface area is 160 Å². The molecule has 1 amide bonds. The van der Waals surface area contributed by atoms with Crippen LogP contribution in [-0.4, -0.2) is 28.6 Å². The first-order chi connectivity index (χ1) is 12.5. The number of amides is 1. The first-order valence-electron chi connectivity index (χ1n) is 8.84. The summed E-state index contributed by atoms with van der Waals surface area (Å²) < 4.78 is 4.87. The molecular weight excluding hydrogens is 346 g/mol. The Morgan fingerprint density at radius 3 is 2.38 bits per heavy atom. The highest BCUT2D eigenvalue weighted by molar-refractivity contribution is 8.00. The van der Waals surface area contributed by atoms with Crippen LogP contribution in [0.3, 0.4) is 0 Å². The van der Waals surface area contributed by atoms with E-state index in [0.29, 0.717) is 19.4 Å². The molecule has 0 aliphatic heterocycles. The van der Waals surface area contributed by atoms with Gasteiger partial charge in [-0.2, -0.15) is 0 Å². The molecule has 1 unspecified atom stereocenters. The zero-order chi connectivity index (χ0) is 18.8. The fraction of sp³-hybridized carbons (Fsp3) is 0.381. The summed E-state index contributed by atoms with van der Waals surface area (Å²) >= 11 is 1.66. The van der Waals surface area contributed by atoms with Crippen molar-refractivity contribution < 1.29 is 14.6 Å². The highest BCUT2D eigenvalue weighted by Gasteiger charge is 2.28. The molecule has 4 nitrogen and oxygen atoms in total. The predicted molar refractivity (Wildman–Crippen MR) is 106 cm³/mol. The van der Waals surface area contributed by atoms with Gasteiger partial charge >= 0.3 is 6.09 Å². The number of hydrogen-bond acceptors (Lipinski definition) is 4. The van der Waals surface area contributed by atoms with Gasteiger partial charge in [0.15, 0.2) is 0 Å². The molecule has 140 valence electrons. The van der Waals surface area contributed by atoms with Gasteiger partial charge in [0, 0.05) is 16.2 Å². The minimum Gasteiger partial charge on any atom is -0.445 e. The summed E-state index contributed by atoms with van der Waals surface area (Å²) in [6.45, 7) is 4.82. The molecule has 5 heteroatoms. The van der Waals surface area contributed by atoms with Crippen LogP contribution in [-0.2, 0) is 11.3 Å². The summed E-state index contributed by atoms with van der Waals surface area (Å²) in [6, 6.07) is 19.6. The van der Waals surface area contributed by atoms with E-state index < -0.39 is 12.2 Å². The number of benzene rings is 2. The van der Waals surface area contributed by atoms with Crippen molar-refractivity contribution >= 4 is 17.9 Å². The van der Waals surface area contributed by atoms with Crippen molar-refractivity contribution in [1.82, 2.24) is 5.32 Å². The number of carbonyl (C=O) groups is 1. The van der Waals surface area contributed by atoms with E-state index in [2.05, 4.69) is 5.32 Å². The third-order valence-corrected chi connectivity index (χ3v) is 5.37. The van der Waals surface area contributed by atoms with E-state index in [4.69, 9.17) is 4.74 Å². The topological polar surface area (TPSA) is 58.6 Å². The third kappa shape index (κ3) is 7.10. The number of ether oxygens (including phenoxy) is 1. The molecule has 1 atom stereocenters. The number of aliphatic hydroxyl groups is 1. The van der Waals surface area contributed by atoms with E-state index in [-0.39, 0.29) is 11.4 Å². The Hall–Kier alpha value is -1.98. The van der Waals surface area contributed by atoms with E-state index in [9.17, 15) is 9.90 Å². The van der Waals surface area contributed by atoms with Gasteiger partial charge in [-0.1, -0.05) is 48.5 Å². The van der Waals surface area contributed by atoms with Gasteiger partial charge in [0.05, 0.1) is 6.10 Å². The monoisotopic (exact) mass is 373 g/mol. The minimum absolute atomic E-state index is 0.260. The Kier molecular flexibility index (Phi) is 8.01. The van der Waals surface area contributed by atoms with Crippen LogP contribution < -0.4 is 5.32 Å². The number of hydrogen-bond donors (Lipinski definition) is 2. The number of thioether (sulfide) groups is 1. The quantitative estimate of drug-likeness (QED) is 0.497. The van der Waals surface area contributed by atoms with Crippen LogP contribution in [0.4, 0.5) is 4.79 Å². The molecule has 2 rings (SSSR count). The third-order valence-electron chi connectivity index (χ3n) is 4.06. The largest absolute Gasteiger partial charge is 0.445 e. The Morgan fingerprint density at radius 2 is 1.73 bits per heavy atom. The first-order valence-corrected chi connectivity index (χ1v) is 9.66. The second-order valence-corrected chi connectivity index (χ2v) is 8.39. The lowest BCUT2D eigenvalue weighted by molar-refractivity contribution is 0.125. The molecule has 2 N–H and O–H groups in total. The van der Waals surface area contributed by atoms with Gasteiger partial charge in [-0.15, -0.1) is 11.8 Å². The zero-order valence-corrected chi connectivity index (χ0v) is 16.2. The lowest BCUT2D eigenvalue weighted by Crippen LogP contribution is -2.34. The molecular formula is C21H27NO3S. The lowest BCUT2D eigenvalue weighted by atomic mass is 10.0.